The fourth-order valence-electron chi connectivity index (χ4n) is 7.87. The monoisotopic (exact) mass is 419 g/mol. The zero-order chi connectivity index (χ0) is 21.5. The van der Waals surface area contributed by atoms with E-state index in [1.54, 1.807) is 0 Å². The molecule has 2 aliphatic carbocycles. The lowest BCUT2D eigenvalue weighted by Crippen LogP contribution is -2.66. The lowest BCUT2D eigenvalue weighted by atomic mass is 9.57. The molecular weight excluding hydrogens is 370 g/mol. The molecule has 5 rings (SSSR count). The third kappa shape index (κ3) is 4.92. The van der Waals surface area contributed by atoms with Crippen LogP contribution in [0.1, 0.15) is 98.3 Å². The van der Waals surface area contributed by atoms with Crippen LogP contribution in [0.3, 0.4) is 0 Å². The lowest BCUT2D eigenvalue weighted by Gasteiger charge is -2.61. The first kappa shape index (κ1) is 23.0. The third-order valence-electron chi connectivity index (χ3n) is 9.36. The SMILES string of the molecule is CC(C)CCC1CC(CC2CCC(N)NC2)CC(C23CCC(C(N)C2)C(C)(C)O3)C1. The van der Waals surface area contributed by atoms with Crippen molar-refractivity contribution in [2.75, 3.05) is 6.54 Å². The van der Waals surface area contributed by atoms with Gasteiger partial charge in [-0.15, -0.1) is 0 Å². The molecule has 2 bridgehead atoms. The molecule has 174 valence electrons. The van der Waals surface area contributed by atoms with Crippen molar-refractivity contribution in [1.82, 2.24) is 5.32 Å². The van der Waals surface area contributed by atoms with Crippen molar-refractivity contribution in [2.45, 2.75) is 122 Å². The average Bonchev–Trinajstić information content (AvgIpc) is 2.67. The van der Waals surface area contributed by atoms with Crippen LogP contribution in [0.2, 0.25) is 0 Å². The molecule has 0 aromatic heterocycles. The number of hydrogen-bond donors (Lipinski definition) is 3. The van der Waals surface area contributed by atoms with Crippen molar-refractivity contribution >= 4 is 0 Å². The van der Waals surface area contributed by atoms with Crippen LogP contribution in [0.25, 0.3) is 0 Å². The van der Waals surface area contributed by atoms with E-state index in [9.17, 15) is 0 Å². The van der Waals surface area contributed by atoms with Crippen LogP contribution in [-0.2, 0) is 4.74 Å². The Hall–Kier alpha value is -0.160. The van der Waals surface area contributed by atoms with Gasteiger partial charge in [-0.05, 0) is 108 Å². The molecule has 5 N–H and O–H groups in total. The number of rotatable bonds is 6. The Bertz CT molecular complexity index is 571. The smallest absolute Gasteiger partial charge is 0.0733 e. The van der Waals surface area contributed by atoms with Gasteiger partial charge in [-0.3, -0.25) is 0 Å². The second-order valence-electron chi connectivity index (χ2n) is 12.6. The maximum atomic E-state index is 6.99. The summed E-state index contributed by atoms with van der Waals surface area (Å²) in [5, 5.41) is 3.53. The molecule has 2 saturated carbocycles. The minimum Gasteiger partial charge on any atom is -0.368 e. The molecular formula is C26H49N3O. The molecule has 3 heterocycles. The average molecular weight is 420 g/mol. The van der Waals surface area contributed by atoms with E-state index in [4.69, 9.17) is 16.2 Å². The maximum absolute atomic E-state index is 6.99. The summed E-state index contributed by atoms with van der Waals surface area (Å²) in [6.45, 7) is 10.5. The van der Waals surface area contributed by atoms with Crippen LogP contribution in [0.4, 0.5) is 0 Å². The van der Waals surface area contributed by atoms with Crippen molar-refractivity contribution in [1.29, 1.82) is 0 Å². The van der Waals surface area contributed by atoms with Crippen molar-refractivity contribution in [3.8, 4) is 0 Å². The van der Waals surface area contributed by atoms with Crippen molar-refractivity contribution in [3.05, 3.63) is 0 Å². The summed E-state index contributed by atoms with van der Waals surface area (Å²) in [5.74, 6) is 4.55. The Labute approximate surface area is 185 Å². The first-order chi connectivity index (χ1) is 14.2. The van der Waals surface area contributed by atoms with E-state index in [-0.39, 0.29) is 17.4 Å². The normalized spacial score (nSPS) is 46.3. The zero-order valence-electron chi connectivity index (χ0n) is 20.2. The van der Waals surface area contributed by atoms with Crippen molar-refractivity contribution in [2.24, 2.45) is 47.0 Å². The second kappa shape index (κ2) is 9.00. The van der Waals surface area contributed by atoms with Crippen molar-refractivity contribution < 1.29 is 4.74 Å². The molecule has 0 radical (unpaired) electrons. The fraction of sp³-hybridized carbons (Fsp3) is 1.00. The molecule has 4 heteroatoms. The summed E-state index contributed by atoms with van der Waals surface area (Å²) in [4.78, 5) is 0. The Balaban J connectivity index is 1.48. The van der Waals surface area contributed by atoms with Gasteiger partial charge in [0.2, 0.25) is 0 Å². The van der Waals surface area contributed by atoms with E-state index in [2.05, 4.69) is 33.0 Å². The minimum absolute atomic E-state index is 0.0413. The van der Waals surface area contributed by atoms with E-state index in [1.807, 2.05) is 0 Å². The molecule has 5 fully saturated rings. The molecule has 0 amide bonds. The van der Waals surface area contributed by atoms with Gasteiger partial charge in [0, 0.05) is 12.0 Å². The fourth-order valence-corrected chi connectivity index (χ4v) is 7.87. The van der Waals surface area contributed by atoms with Crippen LogP contribution < -0.4 is 16.8 Å². The number of nitrogens with one attached hydrogen (secondary N) is 1. The predicted molar refractivity (Wildman–Crippen MR) is 125 cm³/mol. The third-order valence-corrected chi connectivity index (χ3v) is 9.36. The van der Waals surface area contributed by atoms with Gasteiger partial charge >= 0.3 is 0 Å². The van der Waals surface area contributed by atoms with Crippen molar-refractivity contribution in [3.63, 3.8) is 0 Å². The largest absolute Gasteiger partial charge is 0.368 e. The van der Waals surface area contributed by atoms with Gasteiger partial charge in [-0.25, -0.2) is 0 Å². The molecule has 8 atom stereocenters. The number of hydrogen-bond acceptors (Lipinski definition) is 4. The molecule has 30 heavy (non-hydrogen) atoms. The Kier molecular flexibility index (Phi) is 6.90. The van der Waals surface area contributed by atoms with E-state index in [0.717, 1.165) is 43.1 Å². The summed E-state index contributed by atoms with van der Waals surface area (Å²) < 4.78 is 6.99. The van der Waals surface area contributed by atoms with Gasteiger partial charge in [-0.1, -0.05) is 26.7 Å². The molecule has 0 aromatic rings. The zero-order valence-corrected chi connectivity index (χ0v) is 20.2. The van der Waals surface area contributed by atoms with Gasteiger partial charge in [0.25, 0.3) is 0 Å². The summed E-state index contributed by atoms with van der Waals surface area (Å²) >= 11 is 0. The summed E-state index contributed by atoms with van der Waals surface area (Å²) in [5.41, 5.74) is 12.8. The summed E-state index contributed by atoms with van der Waals surface area (Å²) in [7, 11) is 0. The first-order valence-corrected chi connectivity index (χ1v) is 13.1. The van der Waals surface area contributed by atoms with E-state index < -0.39 is 0 Å². The van der Waals surface area contributed by atoms with Gasteiger partial charge < -0.3 is 21.5 Å². The van der Waals surface area contributed by atoms with E-state index in [1.165, 1.54) is 57.8 Å². The van der Waals surface area contributed by atoms with Gasteiger partial charge in [0.05, 0.1) is 17.4 Å². The van der Waals surface area contributed by atoms with Crippen LogP contribution >= 0.6 is 0 Å². The number of ether oxygens (including phenoxy) is 1. The molecule has 8 unspecified atom stereocenters. The highest BCUT2D eigenvalue weighted by atomic mass is 16.5. The first-order valence-electron chi connectivity index (χ1n) is 13.1. The van der Waals surface area contributed by atoms with E-state index >= 15 is 0 Å². The summed E-state index contributed by atoms with van der Waals surface area (Å²) in [6.07, 6.45) is 14.5. The van der Waals surface area contributed by atoms with Gasteiger partial charge in [-0.2, -0.15) is 0 Å². The number of piperidine rings is 1. The molecule has 3 saturated heterocycles. The van der Waals surface area contributed by atoms with Crippen LogP contribution in [0, 0.1) is 35.5 Å². The maximum Gasteiger partial charge on any atom is 0.0733 e. The Morgan fingerprint density at radius 3 is 2.40 bits per heavy atom. The highest BCUT2D eigenvalue weighted by Gasteiger charge is 2.58. The van der Waals surface area contributed by atoms with Gasteiger partial charge in [0.15, 0.2) is 0 Å². The van der Waals surface area contributed by atoms with Crippen LogP contribution in [0.5, 0.6) is 0 Å². The highest BCUT2D eigenvalue weighted by molar-refractivity contribution is 5.09. The minimum atomic E-state index is -0.0558. The second-order valence-corrected chi connectivity index (χ2v) is 12.6. The molecule has 0 aromatic carbocycles. The molecule has 5 aliphatic rings. The Morgan fingerprint density at radius 1 is 1.00 bits per heavy atom. The quantitative estimate of drug-likeness (QED) is 0.578. The standard InChI is InChI=1S/C26H49N3O/c1-17(2)5-6-18-11-20(12-19-7-8-24(28)29-16-19)14-21(13-18)26-10-9-22(23(27)15-26)25(3,4)30-26/h17-24,29H,5-16,27-28H2,1-4H3. The number of fused-ring (bicyclic) bond motifs is 3. The number of nitrogens with two attached hydrogens (primary N) is 2. The summed E-state index contributed by atoms with van der Waals surface area (Å²) in [6, 6.07) is 0.320. The van der Waals surface area contributed by atoms with Crippen LogP contribution in [0.15, 0.2) is 0 Å². The Morgan fingerprint density at radius 2 is 1.77 bits per heavy atom. The topological polar surface area (TPSA) is 73.3 Å². The predicted octanol–water partition coefficient (Wildman–Crippen LogP) is 4.80. The van der Waals surface area contributed by atoms with E-state index in [0.29, 0.717) is 17.9 Å². The molecule has 3 aliphatic heterocycles. The molecule has 0 spiro atoms. The lowest BCUT2D eigenvalue weighted by molar-refractivity contribution is -0.270. The molecule has 4 nitrogen and oxygen atoms in total. The highest BCUT2D eigenvalue weighted by Crippen LogP contribution is 2.56. The van der Waals surface area contributed by atoms with Gasteiger partial charge in [0.1, 0.15) is 0 Å². The van der Waals surface area contributed by atoms with Crippen LogP contribution in [-0.4, -0.2) is 30.0 Å².